The van der Waals surface area contributed by atoms with Crippen molar-refractivity contribution in [1.82, 2.24) is 0 Å². The van der Waals surface area contributed by atoms with E-state index in [1.165, 1.54) is 70.6 Å². The summed E-state index contributed by atoms with van der Waals surface area (Å²) in [5.41, 5.74) is 1.50. The number of ether oxygens (including phenoxy) is 1. The zero-order valence-corrected chi connectivity index (χ0v) is 54.7. The third-order valence-corrected chi connectivity index (χ3v) is 49.9. The highest BCUT2D eigenvalue weighted by atomic mass is 127. The van der Waals surface area contributed by atoms with Crippen LogP contribution in [-0.2, 0) is 53.3 Å². The molecule has 0 aromatic rings. The Kier molecular flexibility index (Phi) is 22.7. The lowest BCUT2D eigenvalue weighted by Crippen LogP contribution is -2.75. The van der Waals surface area contributed by atoms with Crippen molar-refractivity contribution in [3.63, 3.8) is 0 Å². The Morgan fingerprint density at radius 2 is 0.972 bits per heavy atom. The van der Waals surface area contributed by atoms with Gasteiger partial charge in [0, 0.05) is 39.9 Å². The lowest BCUT2D eigenvalue weighted by molar-refractivity contribution is -0.139. The van der Waals surface area contributed by atoms with Crippen molar-refractivity contribution < 1.29 is 53.3 Å². The molecule has 10 rings (SSSR count). The molecule has 13 nitrogen and oxygen atoms in total. The molecule has 0 spiro atoms. The lowest BCUT2D eigenvalue weighted by atomic mass is 10.0. The van der Waals surface area contributed by atoms with Gasteiger partial charge in [-0.1, -0.05) is 154 Å². The zero-order valence-electron chi connectivity index (χ0n) is 44.2. The molecule has 7 aliphatic carbocycles. The molecule has 10 fully saturated rings. The van der Waals surface area contributed by atoms with Crippen LogP contribution in [0.25, 0.3) is 0 Å². The van der Waals surface area contributed by atoms with Crippen LogP contribution in [0.5, 0.6) is 0 Å². The molecule has 0 N–H and O–H groups in total. The highest BCUT2D eigenvalue weighted by Gasteiger charge is 2.74. The van der Waals surface area contributed by atoms with Gasteiger partial charge in [0.05, 0.1) is 6.61 Å². The molecule has 3 saturated heterocycles. The monoisotopic (exact) mass is 1260 g/mol. The van der Waals surface area contributed by atoms with E-state index in [1.807, 2.05) is 0 Å². The van der Waals surface area contributed by atoms with Gasteiger partial charge in [0.15, 0.2) is 9.76 Å². The molecular formula is C50H93IO13SSi7. The summed E-state index contributed by atoms with van der Waals surface area (Å²) in [6.45, 7) is 6.27. The predicted molar refractivity (Wildman–Crippen MR) is 306 cm³/mol. The molecule has 10 aliphatic rings. The van der Waals surface area contributed by atoms with Gasteiger partial charge in [-0.25, -0.2) is 4.79 Å². The number of halogens is 1. The van der Waals surface area contributed by atoms with Gasteiger partial charge in [-0.15, -0.1) is 0 Å². The number of fused-ring (bicyclic) bond motifs is 10. The molecule has 6 atom stereocenters. The minimum absolute atomic E-state index is 0.0125. The van der Waals surface area contributed by atoms with Crippen LogP contribution >= 0.6 is 35.3 Å². The van der Waals surface area contributed by atoms with E-state index >= 15 is 0 Å². The fraction of sp³-hybridized carbons (Fsp3) is 0.940. The van der Waals surface area contributed by atoms with Crippen molar-refractivity contribution in [3.8, 4) is 0 Å². The molecule has 2 bridgehead atoms. The molecule has 0 aromatic heterocycles. The van der Waals surface area contributed by atoms with E-state index in [1.54, 1.807) is 6.92 Å². The third-order valence-electron chi connectivity index (χ3n) is 18.3. The summed E-state index contributed by atoms with van der Waals surface area (Å²) in [4.78, 5) is 12.5. The number of carbonyl (C=O) groups is 1. The van der Waals surface area contributed by atoms with Crippen molar-refractivity contribution in [2.75, 3.05) is 13.2 Å². The zero-order chi connectivity index (χ0) is 49.8. The van der Waals surface area contributed by atoms with Crippen LogP contribution in [0.1, 0.15) is 244 Å². The van der Waals surface area contributed by atoms with Gasteiger partial charge in [0.25, 0.3) is 0 Å². The molecule has 412 valence electrons. The second-order valence-electron chi connectivity index (χ2n) is 23.7. The Labute approximate surface area is 462 Å². The largest absolute Gasteiger partial charge is 0.502 e. The standard InChI is InChI=1S/C50H93IO13SSi7/c1-42(2)50(52)53-40-24-25-41-54-68(45-30-14-5-15-31-45)59-67(44-28-12-4-13-29-44)60-70(47-34-18-7-19-35-47)56-65-57-71(48-36-20-8-21-37-48,63-69(55-51,62-70)46-32-16-6-17-33-46)64-72(61-68,49-38-22-9-23-39-49)58-66-43-26-10-3-11-27-43/h43-49,67H,1,3-41,66H2,2H3. The van der Waals surface area contributed by atoms with E-state index in [9.17, 15) is 4.79 Å². The number of rotatable bonds is 17. The SMILES string of the molecule is C=C(C)C(=O)OCCCCO[Si]1(C2CCCCC2)O[SiH](C2CCCCC2)O[Si]2(C3CCCCC3)OSO[Si](C3CCCCC3)(O[Si](OI)(C3CCCCC3)O2)O[Si](O[SiH2]C2CCCCC2)(C2CCCCC2)O1. The summed E-state index contributed by atoms with van der Waals surface area (Å²) < 4.78 is 94.4. The fourth-order valence-electron chi connectivity index (χ4n) is 14.1. The van der Waals surface area contributed by atoms with Gasteiger partial charge in [0.1, 0.15) is 35.3 Å². The second kappa shape index (κ2) is 28.2. The van der Waals surface area contributed by atoms with Gasteiger partial charge in [-0.3, -0.25) is 7.74 Å². The van der Waals surface area contributed by atoms with Crippen molar-refractivity contribution in [2.24, 2.45) is 0 Å². The third kappa shape index (κ3) is 14.5. The summed E-state index contributed by atoms with van der Waals surface area (Å²) in [5, 5.41) is 0. The molecule has 6 unspecified atom stereocenters. The summed E-state index contributed by atoms with van der Waals surface area (Å²) in [6.07, 6.45) is 40.0. The van der Waals surface area contributed by atoms with E-state index in [2.05, 4.69) is 29.6 Å². The van der Waals surface area contributed by atoms with Crippen LogP contribution in [-0.4, -0.2) is 82.3 Å². The first-order chi connectivity index (χ1) is 35.2. The summed E-state index contributed by atoms with van der Waals surface area (Å²) in [7, 11) is -23.3. The van der Waals surface area contributed by atoms with E-state index in [4.69, 9.17) is 48.5 Å². The molecule has 7 saturated carbocycles. The highest BCUT2D eigenvalue weighted by molar-refractivity contribution is 14.1. The Morgan fingerprint density at radius 1 is 0.542 bits per heavy atom. The first-order valence-corrected chi connectivity index (χ1v) is 43.4. The van der Waals surface area contributed by atoms with Crippen LogP contribution in [0.4, 0.5) is 0 Å². The summed E-state index contributed by atoms with van der Waals surface area (Å²) in [5.74, 6) is -0.346. The van der Waals surface area contributed by atoms with Gasteiger partial charge in [0.2, 0.25) is 0 Å². The number of hydrogen-bond acceptors (Lipinski definition) is 14. The number of hydrogen-bond donors (Lipinski definition) is 0. The minimum atomic E-state index is -3.97. The lowest BCUT2D eigenvalue weighted by Gasteiger charge is -2.55. The van der Waals surface area contributed by atoms with Crippen molar-refractivity contribution in [3.05, 3.63) is 12.2 Å². The average molecular weight is 1260 g/mol. The summed E-state index contributed by atoms with van der Waals surface area (Å²) >= 11 is 3.29. The fourth-order valence-corrected chi connectivity index (χ4v) is 55.1. The summed E-state index contributed by atoms with van der Waals surface area (Å²) in [6, 6.07) is 0. The molecule has 3 aliphatic heterocycles. The van der Waals surface area contributed by atoms with Crippen LogP contribution < -0.4 is 0 Å². The maximum Gasteiger partial charge on any atom is 0.502 e. The van der Waals surface area contributed by atoms with Gasteiger partial charge in [-0.2, -0.15) is 0 Å². The van der Waals surface area contributed by atoms with Crippen molar-refractivity contribution >= 4 is 104 Å². The molecular weight excluding hydrogens is 1160 g/mol. The van der Waals surface area contributed by atoms with E-state index in [0.29, 0.717) is 37.2 Å². The number of unbranched alkanes of at least 4 members (excludes halogenated alkanes) is 1. The van der Waals surface area contributed by atoms with E-state index < -0.39 is 63.1 Å². The average Bonchev–Trinajstić information content (AvgIpc) is 3.43. The number of carbonyl (C=O) groups excluding carboxylic acids is 1. The maximum atomic E-state index is 12.5. The van der Waals surface area contributed by atoms with Crippen LogP contribution in [0, 0.1) is 0 Å². The van der Waals surface area contributed by atoms with Crippen LogP contribution in [0.3, 0.4) is 0 Å². The Morgan fingerprint density at radius 3 is 1.51 bits per heavy atom. The Hall–Kier alpha value is 1.37. The molecule has 72 heavy (non-hydrogen) atoms. The molecule has 0 aromatic carbocycles. The number of esters is 1. The smallest absolute Gasteiger partial charge is 0.462 e. The molecule has 0 amide bonds. The quantitative estimate of drug-likeness (QED) is 0.0342. The van der Waals surface area contributed by atoms with Crippen LogP contribution in [0.2, 0.25) is 38.8 Å². The topological polar surface area (TPSA) is 128 Å². The minimum Gasteiger partial charge on any atom is -0.462 e. The second-order valence-corrected chi connectivity index (χ2v) is 46.5. The normalized spacial score (nSPS) is 37.0. The van der Waals surface area contributed by atoms with Gasteiger partial charge in [-0.05, 0) is 108 Å². The van der Waals surface area contributed by atoms with E-state index in [-0.39, 0.29) is 39.2 Å². The van der Waals surface area contributed by atoms with Gasteiger partial charge >= 0.3 is 59.3 Å². The first-order valence-electron chi connectivity index (χ1n) is 29.8. The van der Waals surface area contributed by atoms with Crippen molar-refractivity contribution in [2.45, 2.75) is 283 Å². The van der Waals surface area contributed by atoms with Gasteiger partial charge < -0.3 is 40.7 Å². The first kappa shape index (κ1) is 58.0. The Balaban J connectivity index is 1.25. The maximum absolute atomic E-state index is 12.5. The van der Waals surface area contributed by atoms with Crippen LogP contribution in [0.15, 0.2) is 12.2 Å². The Bertz CT molecular complexity index is 1690. The van der Waals surface area contributed by atoms with Crippen molar-refractivity contribution in [1.29, 1.82) is 0 Å². The molecule has 22 heteroatoms. The molecule has 3 heterocycles. The predicted octanol–water partition coefficient (Wildman–Crippen LogP) is 14.8. The highest BCUT2D eigenvalue weighted by Crippen LogP contribution is 2.57. The van der Waals surface area contributed by atoms with E-state index in [0.717, 1.165) is 166 Å². The molecule has 0 radical (unpaired) electrons.